The Hall–Kier alpha value is -1.02. The summed E-state index contributed by atoms with van der Waals surface area (Å²) >= 11 is 0. The summed E-state index contributed by atoms with van der Waals surface area (Å²) in [5, 5.41) is 0. The fourth-order valence-corrected chi connectivity index (χ4v) is 3.06. The van der Waals surface area contributed by atoms with E-state index in [2.05, 4.69) is 46.8 Å². The summed E-state index contributed by atoms with van der Waals surface area (Å²) in [6, 6.07) is 6.42. The van der Waals surface area contributed by atoms with E-state index in [0.29, 0.717) is 5.41 Å². The average molecular weight is 277 g/mol. The molecule has 0 heterocycles. The minimum atomic E-state index is -0.404. The number of hydrogen-bond donors (Lipinski definition) is 1. The molecule has 2 nitrogen and oxygen atoms in total. The quantitative estimate of drug-likeness (QED) is 0.872. The highest BCUT2D eigenvalue weighted by atomic mass is 16.5. The van der Waals surface area contributed by atoms with Crippen LogP contribution in [-0.2, 0) is 11.0 Å². The monoisotopic (exact) mass is 277 g/mol. The summed E-state index contributed by atoms with van der Waals surface area (Å²) in [6.45, 7) is 15.5. The van der Waals surface area contributed by atoms with Crippen LogP contribution < -0.4 is 10.5 Å². The summed E-state index contributed by atoms with van der Waals surface area (Å²) in [5.74, 6) is 0.868. The van der Waals surface area contributed by atoms with Crippen molar-refractivity contribution in [2.45, 2.75) is 65.8 Å². The second-order valence-electron chi connectivity index (χ2n) is 8.26. The molecule has 0 amide bonds. The van der Waals surface area contributed by atoms with Crippen LogP contribution in [0.5, 0.6) is 5.75 Å². The first-order valence-corrected chi connectivity index (χ1v) is 7.35. The van der Waals surface area contributed by atoms with Gasteiger partial charge in [-0.15, -0.1) is 0 Å². The molecule has 2 N–H and O–H groups in total. The van der Waals surface area contributed by atoms with Gasteiger partial charge in [-0.05, 0) is 48.8 Å². The summed E-state index contributed by atoms with van der Waals surface area (Å²) in [6.07, 6.45) is 1.12. The highest BCUT2D eigenvalue weighted by Gasteiger charge is 2.29. The molecule has 0 aliphatic rings. The van der Waals surface area contributed by atoms with Crippen molar-refractivity contribution in [2.24, 2.45) is 11.1 Å². The van der Waals surface area contributed by atoms with Gasteiger partial charge >= 0.3 is 0 Å². The predicted octanol–water partition coefficient (Wildman–Crippen LogP) is 4.60. The van der Waals surface area contributed by atoms with Crippen LogP contribution in [0.4, 0.5) is 0 Å². The van der Waals surface area contributed by atoms with Gasteiger partial charge in [0.2, 0.25) is 0 Å². The molecular weight excluding hydrogens is 246 g/mol. The number of hydrogen-bond acceptors (Lipinski definition) is 2. The van der Waals surface area contributed by atoms with E-state index in [0.717, 1.165) is 17.7 Å². The van der Waals surface area contributed by atoms with E-state index in [1.165, 1.54) is 5.56 Å². The Bertz CT molecular complexity index is 461. The van der Waals surface area contributed by atoms with Gasteiger partial charge in [-0.1, -0.05) is 40.7 Å². The zero-order valence-electron chi connectivity index (χ0n) is 14.4. The molecule has 0 aromatic heterocycles. The number of benzene rings is 1. The molecule has 0 saturated heterocycles. The van der Waals surface area contributed by atoms with Crippen LogP contribution >= 0.6 is 0 Å². The lowest BCUT2D eigenvalue weighted by Crippen LogP contribution is -2.31. The molecule has 0 spiro atoms. The lowest BCUT2D eigenvalue weighted by Gasteiger charge is -2.34. The van der Waals surface area contributed by atoms with E-state index in [-0.39, 0.29) is 5.41 Å². The van der Waals surface area contributed by atoms with Crippen LogP contribution in [-0.4, -0.2) is 7.11 Å². The summed E-state index contributed by atoms with van der Waals surface area (Å²) < 4.78 is 5.46. The summed E-state index contributed by atoms with van der Waals surface area (Å²) in [7, 11) is 1.70. The van der Waals surface area contributed by atoms with E-state index in [9.17, 15) is 0 Å². The van der Waals surface area contributed by atoms with E-state index in [4.69, 9.17) is 10.5 Å². The zero-order chi connectivity index (χ0) is 15.8. The van der Waals surface area contributed by atoms with Gasteiger partial charge in [0, 0.05) is 11.1 Å². The first-order chi connectivity index (χ1) is 8.87. The van der Waals surface area contributed by atoms with E-state index in [1.807, 2.05) is 19.9 Å². The minimum Gasteiger partial charge on any atom is -0.496 e. The summed E-state index contributed by atoms with van der Waals surface area (Å²) in [4.78, 5) is 0. The Morgan fingerprint density at radius 1 is 1.00 bits per heavy atom. The maximum Gasteiger partial charge on any atom is 0.123 e. The van der Waals surface area contributed by atoms with Crippen molar-refractivity contribution in [3.05, 3.63) is 29.3 Å². The largest absolute Gasteiger partial charge is 0.496 e. The molecule has 0 fully saturated rings. The molecule has 0 atom stereocenters. The molecule has 0 radical (unpaired) electrons. The fraction of sp³-hybridized carbons (Fsp3) is 0.667. The van der Waals surface area contributed by atoms with Crippen LogP contribution in [0.25, 0.3) is 0 Å². The smallest absolute Gasteiger partial charge is 0.123 e. The molecule has 1 aromatic rings. The Morgan fingerprint density at radius 2 is 1.55 bits per heavy atom. The van der Waals surface area contributed by atoms with Gasteiger partial charge in [-0.3, -0.25) is 0 Å². The van der Waals surface area contributed by atoms with Crippen LogP contribution in [0.15, 0.2) is 18.2 Å². The van der Waals surface area contributed by atoms with Crippen LogP contribution in [0.3, 0.4) is 0 Å². The topological polar surface area (TPSA) is 35.2 Å². The third-order valence-electron chi connectivity index (χ3n) is 3.65. The van der Waals surface area contributed by atoms with Crippen molar-refractivity contribution in [1.29, 1.82) is 0 Å². The number of rotatable bonds is 4. The van der Waals surface area contributed by atoms with Gasteiger partial charge in [-0.2, -0.15) is 0 Å². The average Bonchev–Trinajstić information content (AvgIpc) is 2.23. The van der Waals surface area contributed by atoms with Crippen molar-refractivity contribution < 1.29 is 4.74 Å². The Morgan fingerprint density at radius 3 is 1.95 bits per heavy atom. The van der Waals surface area contributed by atoms with Gasteiger partial charge in [-0.25, -0.2) is 0 Å². The molecule has 0 saturated carbocycles. The molecule has 20 heavy (non-hydrogen) atoms. The third kappa shape index (κ3) is 4.24. The van der Waals surface area contributed by atoms with E-state index in [1.54, 1.807) is 7.11 Å². The standard InChI is InChI=1S/C18H31NO/c1-16(2,3)12-17(4,5)13-9-10-15(20-8)14(11-13)18(6,7)19/h9-11H,12,19H2,1-8H3. The van der Waals surface area contributed by atoms with Crippen LogP contribution in [0.1, 0.15) is 66.0 Å². The van der Waals surface area contributed by atoms with Gasteiger partial charge in [0.1, 0.15) is 5.75 Å². The highest BCUT2D eigenvalue weighted by molar-refractivity contribution is 5.43. The van der Waals surface area contributed by atoms with Gasteiger partial charge in [0.15, 0.2) is 0 Å². The van der Waals surface area contributed by atoms with Crippen molar-refractivity contribution in [3.8, 4) is 5.75 Å². The lowest BCUT2D eigenvalue weighted by atomic mass is 9.71. The second kappa shape index (κ2) is 5.40. The highest BCUT2D eigenvalue weighted by Crippen LogP contribution is 2.39. The van der Waals surface area contributed by atoms with Gasteiger partial charge in [0.25, 0.3) is 0 Å². The van der Waals surface area contributed by atoms with E-state index < -0.39 is 5.54 Å². The Kier molecular flexibility index (Phi) is 4.60. The van der Waals surface area contributed by atoms with Crippen molar-refractivity contribution in [2.75, 3.05) is 7.11 Å². The Balaban J connectivity index is 3.27. The van der Waals surface area contributed by atoms with Gasteiger partial charge < -0.3 is 10.5 Å². The predicted molar refractivity (Wildman–Crippen MR) is 87.3 cm³/mol. The molecule has 1 rings (SSSR count). The first-order valence-electron chi connectivity index (χ1n) is 7.35. The minimum absolute atomic E-state index is 0.116. The lowest BCUT2D eigenvalue weighted by molar-refractivity contribution is 0.283. The SMILES string of the molecule is COc1ccc(C(C)(C)CC(C)(C)C)cc1C(C)(C)N. The normalized spacial score (nSPS) is 13.4. The fourth-order valence-electron chi connectivity index (χ4n) is 3.06. The first kappa shape index (κ1) is 17.0. The molecule has 2 heteroatoms. The van der Waals surface area contributed by atoms with Crippen LogP contribution in [0.2, 0.25) is 0 Å². The zero-order valence-corrected chi connectivity index (χ0v) is 14.4. The molecule has 0 bridgehead atoms. The maximum absolute atomic E-state index is 6.29. The van der Waals surface area contributed by atoms with E-state index >= 15 is 0 Å². The number of ether oxygens (including phenoxy) is 1. The second-order valence-corrected chi connectivity index (χ2v) is 8.26. The van der Waals surface area contributed by atoms with Crippen molar-refractivity contribution in [1.82, 2.24) is 0 Å². The number of nitrogens with two attached hydrogens (primary N) is 1. The Labute approximate surface area is 124 Å². The van der Waals surface area contributed by atoms with Gasteiger partial charge in [0.05, 0.1) is 7.11 Å². The molecule has 0 aliphatic heterocycles. The summed E-state index contributed by atoms with van der Waals surface area (Å²) in [5.41, 5.74) is 8.69. The molecular formula is C18H31NO. The molecule has 114 valence electrons. The van der Waals surface area contributed by atoms with Crippen LogP contribution in [0, 0.1) is 5.41 Å². The van der Waals surface area contributed by atoms with Crippen molar-refractivity contribution >= 4 is 0 Å². The third-order valence-corrected chi connectivity index (χ3v) is 3.65. The molecule has 1 aromatic carbocycles. The molecule has 0 aliphatic carbocycles. The maximum atomic E-state index is 6.29. The number of methoxy groups -OCH3 is 1. The van der Waals surface area contributed by atoms with Crippen molar-refractivity contribution in [3.63, 3.8) is 0 Å². The molecule has 0 unspecified atom stereocenters.